The van der Waals surface area contributed by atoms with E-state index in [1.165, 1.54) is 12.1 Å². The van der Waals surface area contributed by atoms with E-state index in [1.54, 1.807) is 42.5 Å². The van der Waals surface area contributed by atoms with Crippen LogP contribution in [0.5, 0.6) is 11.6 Å². The maximum atomic E-state index is 14.9. The molecule has 0 bridgehead atoms. The predicted octanol–water partition coefficient (Wildman–Crippen LogP) is 6.90. The zero-order valence-corrected chi connectivity index (χ0v) is 26.7. The normalized spacial score (nSPS) is 18.2. The number of hydrogen-bond acceptors (Lipinski definition) is 8. The zero-order valence-electron chi connectivity index (χ0n) is 26.7. The van der Waals surface area contributed by atoms with E-state index in [9.17, 15) is 23.1 Å². The van der Waals surface area contributed by atoms with Crippen LogP contribution in [-0.2, 0) is 4.79 Å². The van der Waals surface area contributed by atoms with Crippen LogP contribution < -0.4 is 25.4 Å². The number of anilines is 2. The van der Waals surface area contributed by atoms with E-state index in [0.717, 1.165) is 11.1 Å². The van der Waals surface area contributed by atoms with E-state index in [-0.39, 0.29) is 28.9 Å². The number of benzene rings is 3. The lowest BCUT2D eigenvalue weighted by atomic mass is 9.76. The number of carbonyl (C=O) groups is 1. The lowest BCUT2D eigenvalue weighted by Crippen LogP contribution is -2.41. The van der Waals surface area contributed by atoms with Crippen LogP contribution in [0.3, 0.4) is 0 Å². The number of rotatable bonds is 9. The van der Waals surface area contributed by atoms with E-state index >= 15 is 0 Å². The van der Waals surface area contributed by atoms with Gasteiger partial charge in [-0.15, -0.1) is 0 Å². The second-order valence-electron chi connectivity index (χ2n) is 12.8. The SMILES string of the molecule is CC(C)Oc1ccc(-c2ccc(C(Oc3cc(N4CCC5(CC4)CNC(C(=O)O)C5)nc(N)n3)C(F)(F)F)c(-c3ccccc3)c2)cc1. The molecule has 252 valence electrons. The molecule has 48 heavy (non-hydrogen) atoms. The third-order valence-electron chi connectivity index (χ3n) is 9.03. The number of piperidine rings is 1. The Morgan fingerprint density at radius 3 is 2.27 bits per heavy atom. The van der Waals surface area contributed by atoms with E-state index in [2.05, 4.69) is 15.3 Å². The fourth-order valence-corrected chi connectivity index (χ4v) is 6.59. The van der Waals surface area contributed by atoms with Crippen LogP contribution in [0.25, 0.3) is 22.3 Å². The summed E-state index contributed by atoms with van der Waals surface area (Å²) in [4.78, 5) is 21.7. The number of carboxylic acids is 1. The van der Waals surface area contributed by atoms with Crippen molar-refractivity contribution in [2.45, 2.75) is 57.5 Å². The predicted molar refractivity (Wildman–Crippen MR) is 177 cm³/mol. The van der Waals surface area contributed by atoms with Crippen molar-refractivity contribution in [1.82, 2.24) is 15.3 Å². The molecule has 3 heterocycles. The summed E-state index contributed by atoms with van der Waals surface area (Å²) in [7, 11) is 0. The van der Waals surface area contributed by atoms with Crippen molar-refractivity contribution in [3.8, 4) is 33.9 Å². The van der Waals surface area contributed by atoms with Crippen molar-refractivity contribution < 1.29 is 32.5 Å². The number of halogens is 3. The highest BCUT2D eigenvalue weighted by Gasteiger charge is 2.46. The summed E-state index contributed by atoms with van der Waals surface area (Å²) in [6, 6.07) is 21.9. The second-order valence-corrected chi connectivity index (χ2v) is 12.8. The van der Waals surface area contributed by atoms with Gasteiger partial charge in [0.15, 0.2) is 0 Å². The fraction of sp³-hybridized carbons (Fsp3) is 0.361. The molecular formula is C36H38F3N5O4. The number of nitrogens with two attached hydrogens (primary N) is 1. The lowest BCUT2D eigenvalue weighted by Gasteiger charge is -2.39. The van der Waals surface area contributed by atoms with Crippen molar-refractivity contribution in [3.05, 3.63) is 84.4 Å². The van der Waals surface area contributed by atoms with Gasteiger partial charge in [0, 0.05) is 31.3 Å². The molecule has 2 fully saturated rings. The molecule has 0 aliphatic carbocycles. The van der Waals surface area contributed by atoms with Gasteiger partial charge in [0.05, 0.1) is 6.10 Å². The second kappa shape index (κ2) is 13.3. The maximum absolute atomic E-state index is 14.9. The van der Waals surface area contributed by atoms with Gasteiger partial charge in [-0.05, 0) is 79.0 Å². The Morgan fingerprint density at radius 1 is 0.958 bits per heavy atom. The molecule has 12 heteroatoms. The Hall–Kier alpha value is -4.84. The standard InChI is InChI=1S/C36H38F3N5O4/c1-22(2)47-26-11-8-23(9-12-26)25-10-13-27(28(18-25)24-6-4-3-5-7-24)32(36(37,38)39)48-31-19-30(42-34(40)43-31)44-16-14-35(15-17-44)20-29(33(45)46)41-21-35/h3-13,18-19,22,29,32,41H,14-17,20-21H2,1-2H3,(H,45,46)(H2,40,42,43). The Bertz CT molecular complexity index is 1740. The van der Waals surface area contributed by atoms with Crippen LogP contribution in [0.2, 0.25) is 0 Å². The highest BCUT2D eigenvalue weighted by atomic mass is 19.4. The molecule has 6 rings (SSSR count). The van der Waals surface area contributed by atoms with Crippen molar-refractivity contribution in [2.24, 2.45) is 5.41 Å². The van der Waals surface area contributed by atoms with Gasteiger partial charge >= 0.3 is 12.1 Å². The average Bonchev–Trinajstić information content (AvgIpc) is 3.47. The summed E-state index contributed by atoms with van der Waals surface area (Å²) < 4.78 is 56.1. The number of ether oxygens (including phenoxy) is 2. The first kappa shape index (κ1) is 33.1. The number of nitrogens with zero attached hydrogens (tertiary/aromatic N) is 3. The first-order valence-electron chi connectivity index (χ1n) is 15.9. The van der Waals surface area contributed by atoms with Gasteiger partial charge in [-0.1, -0.05) is 54.6 Å². The maximum Gasteiger partial charge on any atom is 0.429 e. The Kier molecular flexibility index (Phi) is 9.20. The van der Waals surface area contributed by atoms with E-state index in [0.29, 0.717) is 61.6 Å². The summed E-state index contributed by atoms with van der Waals surface area (Å²) in [6.45, 7) is 5.55. The third kappa shape index (κ3) is 7.33. The van der Waals surface area contributed by atoms with Crippen LogP contribution in [0.4, 0.5) is 24.9 Å². The van der Waals surface area contributed by atoms with Crippen molar-refractivity contribution >= 4 is 17.7 Å². The van der Waals surface area contributed by atoms with E-state index in [4.69, 9.17) is 15.2 Å². The molecule has 4 aromatic rings. The summed E-state index contributed by atoms with van der Waals surface area (Å²) >= 11 is 0. The molecule has 4 N–H and O–H groups in total. The number of alkyl halides is 3. The summed E-state index contributed by atoms with van der Waals surface area (Å²) in [5.41, 5.74) is 8.31. The molecule has 2 atom stereocenters. The molecule has 0 saturated carbocycles. The minimum atomic E-state index is -4.80. The smallest absolute Gasteiger partial charge is 0.429 e. The quantitative estimate of drug-likeness (QED) is 0.176. The average molecular weight is 662 g/mol. The summed E-state index contributed by atoms with van der Waals surface area (Å²) in [5, 5.41) is 12.5. The van der Waals surface area contributed by atoms with Crippen LogP contribution >= 0.6 is 0 Å². The van der Waals surface area contributed by atoms with Gasteiger partial charge in [-0.3, -0.25) is 4.79 Å². The summed E-state index contributed by atoms with van der Waals surface area (Å²) in [5.74, 6) is -0.306. The largest absolute Gasteiger partial charge is 0.491 e. The number of hydrogen-bond donors (Lipinski definition) is 3. The molecule has 2 aliphatic rings. The molecule has 1 spiro atoms. The Morgan fingerprint density at radius 2 is 1.65 bits per heavy atom. The van der Waals surface area contributed by atoms with Crippen LogP contribution in [0.15, 0.2) is 78.9 Å². The molecule has 3 aromatic carbocycles. The number of nitrogen functional groups attached to an aromatic ring is 1. The number of carboxylic acid groups (broad SMARTS) is 1. The van der Waals surface area contributed by atoms with Crippen molar-refractivity contribution in [1.29, 1.82) is 0 Å². The van der Waals surface area contributed by atoms with Gasteiger partial charge in [-0.2, -0.15) is 23.1 Å². The third-order valence-corrected chi connectivity index (χ3v) is 9.03. The molecule has 0 radical (unpaired) electrons. The molecule has 9 nitrogen and oxygen atoms in total. The van der Waals surface area contributed by atoms with Gasteiger partial charge in [0.2, 0.25) is 17.9 Å². The van der Waals surface area contributed by atoms with Crippen molar-refractivity contribution in [3.63, 3.8) is 0 Å². The topological polar surface area (TPSA) is 123 Å². The first-order chi connectivity index (χ1) is 22.9. The van der Waals surface area contributed by atoms with E-state index < -0.39 is 24.3 Å². The number of aromatic nitrogens is 2. The Balaban J connectivity index is 1.29. The summed E-state index contributed by atoms with van der Waals surface area (Å²) in [6.07, 6.45) is -5.20. The van der Waals surface area contributed by atoms with Gasteiger partial charge in [-0.25, -0.2) is 0 Å². The molecular weight excluding hydrogens is 623 g/mol. The highest BCUT2D eigenvalue weighted by Crippen LogP contribution is 2.44. The van der Waals surface area contributed by atoms with Gasteiger partial charge in [0.25, 0.3) is 0 Å². The molecule has 2 unspecified atom stereocenters. The lowest BCUT2D eigenvalue weighted by molar-refractivity contribution is -0.198. The molecule has 0 amide bonds. The van der Waals surface area contributed by atoms with Crippen LogP contribution in [-0.4, -0.2) is 59.0 Å². The Labute approximate surface area is 276 Å². The van der Waals surface area contributed by atoms with E-state index in [1.807, 2.05) is 43.0 Å². The minimum absolute atomic E-state index is 0.00966. The van der Waals surface area contributed by atoms with Gasteiger partial charge in [0.1, 0.15) is 17.6 Å². The molecule has 2 saturated heterocycles. The zero-order chi connectivity index (χ0) is 34.1. The van der Waals surface area contributed by atoms with Crippen LogP contribution in [0, 0.1) is 5.41 Å². The van der Waals surface area contributed by atoms with Crippen molar-refractivity contribution in [2.75, 3.05) is 30.3 Å². The molecule has 1 aromatic heterocycles. The van der Waals surface area contributed by atoms with Crippen LogP contribution in [0.1, 0.15) is 44.8 Å². The number of aliphatic carboxylic acids is 1. The number of nitrogens with one attached hydrogen (secondary N) is 1. The minimum Gasteiger partial charge on any atom is -0.491 e. The fourth-order valence-electron chi connectivity index (χ4n) is 6.59. The first-order valence-corrected chi connectivity index (χ1v) is 15.9. The highest BCUT2D eigenvalue weighted by molar-refractivity contribution is 5.76. The monoisotopic (exact) mass is 661 g/mol. The van der Waals surface area contributed by atoms with Gasteiger partial charge < -0.3 is 30.5 Å². The molecule has 2 aliphatic heterocycles.